The Labute approximate surface area is 128 Å². The van der Waals surface area contributed by atoms with Gasteiger partial charge in [0.1, 0.15) is 12.4 Å². The average Bonchev–Trinajstić information content (AvgIpc) is 2.46. The molecule has 106 valence electrons. The van der Waals surface area contributed by atoms with Crippen LogP contribution in [0, 0.1) is 0 Å². The van der Waals surface area contributed by atoms with Gasteiger partial charge in [-0.15, -0.1) is 0 Å². The molecular formula is C16H19BrN2O. The molecule has 0 saturated heterocycles. The molecule has 4 heteroatoms. The number of nitrogens with one attached hydrogen (secondary N) is 1. The first kappa shape index (κ1) is 15.0. The van der Waals surface area contributed by atoms with E-state index in [4.69, 9.17) is 4.74 Å². The van der Waals surface area contributed by atoms with Crippen molar-refractivity contribution in [3.05, 3.63) is 58.3 Å². The van der Waals surface area contributed by atoms with Gasteiger partial charge >= 0.3 is 0 Å². The van der Waals surface area contributed by atoms with Gasteiger partial charge in [0.15, 0.2) is 0 Å². The van der Waals surface area contributed by atoms with Crippen molar-refractivity contribution >= 4 is 15.9 Å². The highest BCUT2D eigenvalue weighted by molar-refractivity contribution is 9.10. The van der Waals surface area contributed by atoms with Gasteiger partial charge in [0.2, 0.25) is 0 Å². The smallest absolute Gasteiger partial charge is 0.125 e. The molecule has 1 aromatic carbocycles. The van der Waals surface area contributed by atoms with E-state index in [1.165, 1.54) is 5.56 Å². The van der Waals surface area contributed by atoms with Gasteiger partial charge in [0, 0.05) is 28.5 Å². The van der Waals surface area contributed by atoms with Crippen LogP contribution in [0.3, 0.4) is 0 Å². The van der Waals surface area contributed by atoms with E-state index in [1.54, 1.807) is 12.4 Å². The molecular weight excluding hydrogens is 316 g/mol. The van der Waals surface area contributed by atoms with E-state index in [9.17, 15) is 0 Å². The van der Waals surface area contributed by atoms with Crippen LogP contribution in [0.5, 0.6) is 5.75 Å². The molecule has 0 fully saturated rings. The van der Waals surface area contributed by atoms with E-state index in [0.29, 0.717) is 6.61 Å². The Balaban J connectivity index is 2.15. The highest BCUT2D eigenvalue weighted by Gasteiger charge is 2.11. The lowest BCUT2D eigenvalue weighted by molar-refractivity contribution is 0.299. The molecule has 1 N–H and O–H groups in total. The molecule has 1 unspecified atom stereocenters. The highest BCUT2D eigenvalue weighted by atomic mass is 79.9. The average molecular weight is 335 g/mol. The third-order valence-electron chi connectivity index (χ3n) is 3.10. The zero-order chi connectivity index (χ0) is 14.4. The van der Waals surface area contributed by atoms with Crippen LogP contribution in [0.1, 0.15) is 31.0 Å². The largest absolute Gasteiger partial charge is 0.489 e. The second-order valence-electron chi connectivity index (χ2n) is 4.61. The summed E-state index contributed by atoms with van der Waals surface area (Å²) in [6, 6.07) is 10.4. The highest BCUT2D eigenvalue weighted by Crippen LogP contribution is 2.29. The lowest BCUT2D eigenvalue weighted by Crippen LogP contribution is -2.18. The Morgan fingerprint density at radius 1 is 1.25 bits per heavy atom. The number of hydrogen-bond acceptors (Lipinski definition) is 3. The molecule has 0 spiro atoms. The third-order valence-corrected chi connectivity index (χ3v) is 3.59. The molecule has 0 aliphatic carbocycles. The maximum atomic E-state index is 5.97. The van der Waals surface area contributed by atoms with Gasteiger partial charge in [-0.2, -0.15) is 0 Å². The van der Waals surface area contributed by atoms with E-state index in [0.717, 1.165) is 22.3 Å². The van der Waals surface area contributed by atoms with Crippen molar-refractivity contribution < 1.29 is 4.74 Å². The minimum Gasteiger partial charge on any atom is -0.489 e. The number of ether oxygens (including phenoxy) is 1. The van der Waals surface area contributed by atoms with Crippen molar-refractivity contribution in [2.75, 3.05) is 6.54 Å². The number of halogens is 1. The molecule has 0 radical (unpaired) electrons. The van der Waals surface area contributed by atoms with Crippen LogP contribution >= 0.6 is 15.9 Å². The number of nitrogens with zero attached hydrogens (tertiary/aromatic N) is 1. The SMILES string of the molecule is CCNC(C)c1ccc(Br)cc1OCc1ccncc1. The van der Waals surface area contributed by atoms with Gasteiger partial charge < -0.3 is 10.1 Å². The summed E-state index contributed by atoms with van der Waals surface area (Å²) >= 11 is 3.50. The fourth-order valence-corrected chi connectivity index (χ4v) is 2.39. The maximum absolute atomic E-state index is 5.97. The van der Waals surface area contributed by atoms with E-state index in [-0.39, 0.29) is 6.04 Å². The number of aromatic nitrogens is 1. The summed E-state index contributed by atoms with van der Waals surface area (Å²) in [6.07, 6.45) is 3.56. The van der Waals surface area contributed by atoms with Crippen LogP contribution < -0.4 is 10.1 Å². The van der Waals surface area contributed by atoms with Crippen LogP contribution in [0.2, 0.25) is 0 Å². The molecule has 0 bridgehead atoms. The molecule has 0 aliphatic heterocycles. The third kappa shape index (κ3) is 4.05. The second-order valence-corrected chi connectivity index (χ2v) is 5.52. The Morgan fingerprint density at radius 3 is 2.70 bits per heavy atom. The number of pyridine rings is 1. The molecule has 2 aromatic rings. The number of rotatable bonds is 6. The fraction of sp³-hybridized carbons (Fsp3) is 0.312. The van der Waals surface area contributed by atoms with E-state index >= 15 is 0 Å². The van der Waals surface area contributed by atoms with Crippen molar-refractivity contribution in [2.45, 2.75) is 26.5 Å². The van der Waals surface area contributed by atoms with Gasteiger partial charge in [0.25, 0.3) is 0 Å². The van der Waals surface area contributed by atoms with E-state index < -0.39 is 0 Å². The van der Waals surface area contributed by atoms with Crippen molar-refractivity contribution in [2.24, 2.45) is 0 Å². The molecule has 1 aromatic heterocycles. The number of benzene rings is 1. The van der Waals surface area contributed by atoms with E-state index in [2.05, 4.69) is 46.1 Å². The van der Waals surface area contributed by atoms with Crippen molar-refractivity contribution in [1.82, 2.24) is 10.3 Å². The lowest BCUT2D eigenvalue weighted by Gasteiger charge is -2.18. The predicted molar refractivity (Wildman–Crippen MR) is 84.8 cm³/mol. The zero-order valence-electron chi connectivity index (χ0n) is 11.8. The molecule has 0 aliphatic rings. The molecule has 20 heavy (non-hydrogen) atoms. The van der Waals surface area contributed by atoms with Crippen LogP contribution in [0.4, 0.5) is 0 Å². The second kappa shape index (κ2) is 7.41. The summed E-state index contributed by atoms with van der Waals surface area (Å²) in [5, 5.41) is 3.41. The summed E-state index contributed by atoms with van der Waals surface area (Å²) in [5.41, 5.74) is 2.28. The first-order chi connectivity index (χ1) is 9.70. The Kier molecular flexibility index (Phi) is 5.56. The van der Waals surface area contributed by atoms with Gasteiger partial charge in [0.05, 0.1) is 0 Å². The summed E-state index contributed by atoms with van der Waals surface area (Å²) in [6.45, 7) is 5.73. The molecule has 1 atom stereocenters. The summed E-state index contributed by atoms with van der Waals surface area (Å²) in [4.78, 5) is 4.01. The molecule has 0 amide bonds. The summed E-state index contributed by atoms with van der Waals surface area (Å²) in [7, 11) is 0. The van der Waals surface area contributed by atoms with Crippen molar-refractivity contribution in [3.63, 3.8) is 0 Å². The molecule has 3 nitrogen and oxygen atoms in total. The minimum atomic E-state index is 0.264. The Hall–Kier alpha value is -1.39. The standard InChI is InChI=1S/C16H19BrN2O/c1-3-19-12(2)15-5-4-14(17)10-16(15)20-11-13-6-8-18-9-7-13/h4-10,12,19H,3,11H2,1-2H3. The quantitative estimate of drug-likeness (QED) is 0.863. The van der Waals surface area contributed by atoms with Crippen molar-refractivity contribution in [1.29, 1.82) is 0 Å². The summed E-state index contributed by atoms with van der Waals surface area (Å²) in [5.74, 6) is 0.907. The minimum absolute atomic E-state index is 0.264. The van der Waals surface area contributed by atoms with Crippen LogP contribution in [-0.4, -0.2) is 11.5 Å². The van der Waals surface area contributed by atoms with Crippen LogP contribution in [0.25, 0.3) is 0 Å². The molecule has 0 saturated carbocycles. The monoisotopic (exact) mass is 334 g/mol. The predicted octanol–water partition coefficient (Wildman–Crippen LogP) is 4.09. The normalized spacial score (nSPS) is 12.2. The van der Waals surface area contributed by atoms with Gasteiger partial charge in [-0.3, -0.25) is 4.98 Å². The number of hydrogen-bond donors (Lipinski definition) is 1. The van der Waals surface area contributed by atoms with Gasteiger partial charge in [-0.1, -0.05) is 28.9 Å². The Morgan fingerprint density at radius 2 is 2.00 bits per heavy atom. The van der Waals surface area contributed by atoms with Crippen molar-refractivity contribution in [3.8, 4) is 5.75 Å². The van der Waals surface area contributed by atoms with Crippen LogP contribution in [-0.2, 0) is 6.61 Å². The zero-order valence-corrected chi connectivity index (χ0v) is 13.4. The first-order valence-corrected chi connectivity index (χ1v) is 7.54. The van der Waals surface area contributed by atoms with Gasteiger partial charge in [-0.25, -0.2) is 0 Å². The maximum Gasteiger partial charge on any atom is 0.125 e. The Bertz CT molecular complexity index is 545. The topological polar surface area (TPSA) is 34.1 Å². The lowest BCUT2D eigenvalue weighted by atomic mass is 10.1. The summed E-state index contributed by atoms with van der Waals surface area (Å²) < 4.78 is 7.00. The van der Waals surface area contributed by atoms with Crippen LogP contribution in [0.15, 0.2) is 47.2 Å². The van der Waals surface area contributed by atoms with Gasteiger partial charge in [-0.05, 0) is 43.3 Å². The molecule has 2 rings (SSSR count). The first-order valence-electron chi connectivity index (χ1n) is 6.75. The fourth-order valence-electron chi connectivity index (χ4n) is 2.05. The van der Waals surface area contributed by atoms with E-state index in [1.807, 2.05) is 24.3 Å². The molecule has 1 heterocycles.